The number of hydrogen-bond donors (Lipinski definition) is 1. The summed E-state index contributed by atoms with van der Waals surface area (Å²) < 4.78 is 6.55. The maximum Gasteiger partial charge on any atom is 0.223 e. The maximum atomic E-state index is 11.8. The number of piperidine rings is 1. The number of nitrogens with one attached hydrogen (secondary N) is 1. The molecule has 1 fully saturated rings. The summed E-state index contributed by atoms with van der Waals surface area (Å²) in [6.45, 7) is 6.97. The molecule has 1 aromatic rings. The first-order chi connectivity index (χ1) is 11.1. The van der Waals surface area contributed by atoms with Crippen LogP contribution in [0.4, 0.5) is 0 Å². The minimum absolute atomic E-state index is 0.0620. The first-order valence-electron chi connectivity index (χ1n) is 8.51. The van der Waals surface area contributed by atoms with Crippen LogP contribution in [0.25, 0.3) is 0 Å². The second kappa shape index (κ2) is 9.93. The summed E-state index contributed by atoms with van der Waals surface area (Å²) in [5, 5.41) is 2.98. The van der Waals surface area contributed by atoms with Gasteiger partial charge in [0.1, 0.15) is 5.75 Å². The van der Waals surface area contributed by atoms with Gasteiger partial charge in [-0.1, -0.05) is 28.9 Å². The van der Waals surface area contributed by atoms with Gasteiger partial charge >= 0.3 is 0 Å². The van der Waals surface area contributed by atoms with Crippen LogP contribution in [0.2, 0.25) is 0 Å². The Morgan fingerprint density at radius 1 is 1.48 bits per heavy atom. The third-order valence-corrected chi connectivity index (χ3v) is 4.60. The van der Waals surface area contributed by atoms with E-state index in [1.807, 2.05) is 24.3 Å². The lowest BCUT2D eigenvalue weighted by molar-refractivity contribution is -0.121. The minimum atomic E-state index is 0.0620. The SMILES string of the molecule is CC1CCCN(CCCNC(=O)CCOc2cccc(Br)c2)C1. The molecule has 0 radical (unpaired) electrons. The summed E-state index contributed by atoms with van der Waals surface area (Å²) >= 11 is 3.40. The van der Waals surface area contributed by atoms with Crippen LogP contribution in [0.1, 0.15) is 32.6 Å². The van der Waals surface area contributed by atoms with Crippen LogP contribution in [0.15, 0.2) is 28.7 Å². The first-order valence-corrected chi connectivity index (χ1v) is 9.30. The van der Waals surface area contributed by atoms with Crippen molar-refractivity contribution >= 4 is 21.8 Å². The van der Waals surface area contributed by atoms with Crippen LogP contribution >= 0.6 is 15.9 Å². The van der Waals surface area contributed by atoms with Crippen molar-refractivity contribution in [1.29, 1.82) is 0 Å². The molecule has 1 unspecified atom stereocenters. The predicted octanol–water partition coefficient (Wildman–Crippen LogP) is 3.46. The van der Waals surface area contributed by atoms with E-state index in [0.717, 1.165) is 35.7 Å². The highest BCUT2D eigenvalue weighted by atomic mass is 79.9. The number of carbonyl (C=O) groups excluding carboxylic acids is 1. The number of hydrogen-bond acceptors (Lipinski definition) is 3. The Balaban J connectivity index is 1.51. The van der Waals surface area contributed by atoms with Gasteiger partial charge in [-0.3, -0.25) is 4.79 Å². The quantitative estimate of drug-likeness (QED) is 0.699. The van der Waals surface area contributed by atoms with E-state index in [4.69, 9.17) is 4.74 Å². The van der Waals surface area contributed by atoms with Crippen molar-refractivity contribution in [3.63, 3.8) is 0 Å². The van der Waals surface area contributed by atoms with E-state index in [-0.39, 0.29) is 5.91 Å². The van der Waals surface area contributed by atoms with Crippen LogP contribution in [-0.4, -0.2) is 43.6 Å². The van der Waals surface area contributed by atoms with E-state index in [9.17, 15) is 4.79 Å². The second-order valence-corrected chi connectivity index (χ2v) is 7.22. The van der Waals surface area contributed by atoms with Crippen LogP contribution < -0.4 is 10.1 Å². The molecule has 1 atom stereocenters. The maximum absolute atomic E-state index is 11.8. The molecule has 4 nitrogen and oxygen atoms in total. The van der Waals surface area contributed by atoms with Gasteiger partial charge in [-0.15, -0.1) is 0 Å². The highest BCUT2D eigenvalue weighted by molar-refractivity contribution is 9.10. The van der Waals surface area contributed by atoms with Crippen LogP contribution in [0.5, 0.6) is 5.75 Å². The van der Waals surface area contributed by atoms with Crippen molar-refractivity contribution in [2.24, 2.45) is 5.92 Å². The van der Waals surface area contributed by atoms with Gasteiger partial charge in [-0.25, -0.2) is 0 Å². The molecule has 0 bridgehead atoms. The van der Waals surface area contributed by atoms with Gasteiger partial charge < -0.3 is 15.0 Å². The number of benzene rings is 1. The molecular formula is C18H27BrN2O2. The van der Waals surface area contributed by atoms with Crippen LogP contribution in [0.3, 0.4) is 0 Å². The molecule has 2 rings (SSSR count). The molecule has 1 N–H and O–H groups in total. The fourth-order valence-corrected chi connectivity index (χ4v) is 3.31. The summed E-state index contributed by atoms with van der Waals surface area (Å²) in [7, 11) is 0. The standard InChI is InChI=1S/C18H27BrN2O2/c1-15-5-3-10-21(14-15)11-4-9-20-18(22)8-12-23-17-7-2-6-16(19)13-17/h2,6-7,13,15H,3-5,8-12,14H2,1H3,(H,20,22). The lowest BCUT2D eigenvalue weighted by Gasteiger charge is -2.30. The lowest BCUT2D eigenvalue weighted by atomic mass is 10.0. The van der Waals surface area contributed by atoms with Crippen molar-refractivity contribution in [2.75, 3.05) is 32.8 Å². The first kappa shape index (κ1) is 18.3. The second-order valence-electron chi connectivity index (χ2n) is 6.31. The third-order valence-electron chi connectivity index (χ3n) is 4.11. The van der Waals surface area contributed by atoms with E-state index in [1.165, 1.54) is 25.9 Å². The van der Waals surface area contributed by atoms with Gasteiger partial charge in [0.05, 0.1) is 13.0 Å². The molecule has 1 aliphatic rings. The number of rotatable bonds is 8. The molecule has 1 amide bonds. The van der Waals surface area contributed by atoms with Crippen molar-refractivity contribution in [3.8, 4) is 5.75 Å². The topological polar surface area (TPSA) is 41.6 Å². The van der Waals surface area contributed by atoms with E-state index >= 15 is 0 Å². The highest BCUT2D eigenvalue weighted by Crippen LogP contribution is 2.17. The molecule has 0 spiro atoms. The molecular weight excluding hydrogens is 356 g/mol. The zero-order valence-electron chi connectivity index (χ0n) is 13.9. The Bertz CT molecular complexity index is 496. The zero-order valence-corrected chi connectivity index (χ0v) is 15.5. The van der Waals surface area contributed by atoms with E-state index in [1.54, 1.807) is 0 Å². The largest absolute Gasteiger partial charge is 0.493 e. The Morgan fingerprint density at radius 2 is 2.35 bits per heavy atom. The Labute approximate surface area is 147 Å². The molecule has 23 heavy (non-hydrogen) atoms. The molecule has 1 saturated heterocycles. The summed E-state index contributed by atoms with van der Waals surface area (Å²) in [4.78, 5) is 14.3. The summed E-state index contributed by atoms with van der Waals surface area (Å²) in [5.41, 5.74) is 0. The summed E-state index contributed by atoms with van der Waals surface area (Å²) in [6.07, 6.45) is 4.07. The average Bonchev–Trinajstić information content (AvgIpc) is 2.52. The van der Waals surface area contributed by atoms with Gasteiger partial charge in [0, 0.05) is 17.6 Å². The monoisotopic (exact) mass is 382 g/mol. The van der Waals surface area contributed by atoms with Crippen molar-refractivity contribution in [3.05, 3.63) is 28.7 Å². The summed E-state index contributed by atoms with van der Waals surface area (Å²) in [6, 6.07) is 7.66. The molecule has 1 aromatic carbocycles. The van der Waals surface area contributed by atoms with Crippen molar-refractivity contribution < 1.29 is 9.53 Å². The number of halogens is 1. The van der Waals surface area contributed by atoms with Crippen molar-refractivity contribution in [2.45, 2.75) is 32.6 Å². The average molecular weight is 383 g/mol. The van der Waals surface area contributed by atoms with E-state index in [0.29, 0.717) is 13.0 Å². The summed E-state index contributed by atoms with van der Waals surface area (Å²) in [5.74, 6) is 1.66. The molecule has 128 valence electrons. The zero-order chi connectivity index (χ0) is 16.5. The molecule has 0 saturated carbocycles. The molecule has 5 heteroatoms. The van der Waals surface area contributed by atoms with Crippen LogP contribution in [0, 0.1) is 5.92 Å². The molecule has 0 aromatic heterocycles. The van der Waals surface area contributed by atoms with Gasteiger partial charge in [0.15, 0.2) is 0 Å². The highest BCUT2D eigenvalue weighted by Gasteiger charge is 2.15. The minimum Gasteiger partial charge on any atom is -0.493 e. The predicted molar refractivity (Wildman–Crippen MR) is 96.7 cm³/mol. The Hall–Kier alpha value is -1.07. The molecule has 1 heterocycles. The third kappa shape index (κ3) is 7.36. The van der Waals surface area contributed by atoms with E-state index < -0.39 is 0 Å². The fraction of sp³-hybridized carbons (Fsp3) is 0.611. The normalized spacial score (nSPS) is 18.6. The Morgan fingerprint density at radius 3 is 3.13 bits per heavy atom. The van der Waals surface area contributed by atoms with Crippen LogP contribution in [-0.2, 0) is 4.79 Å². The lowest BCUT2D eigenvalue weighted by Crippen LogP contribution is -2.36. The van der Waals surface area contributed by atoms with Gasteiger partial charge in [-0.2, -0.15) is 0 Å². The smallest absolute Gasteiger partial charge is 0.223 e. The number of carbonyl (C=O) groups is 1. The fourth-order valence-electron chi connectivity index (χ4n) is 2.93. The Kier molecular flexibility index (Phi) is 7.89. The number of likely N-dealkylation sites (tertiary alicyclic amines) is 1. The molecule has 1 aliphatic heterocycles. The van der Waals surface area contributed by atoms with Crippen molar-refractivity contribution in [1.82, 2.24) is 10.2 Å². The van der Waals surface area contributed by atoms with Gasteiger partial charge in [0.2, 0.25) is 5.91 Å². The van der Waals surface area contributed by atoms with E-state index in [2.05, 4.69) is 33.1 Å². The van der Waals surface area contributed by atoms with Gasteiger partial charge in [-0.05, 0) is 56.5 Å². The number of nitrogens with zero attached hydrogens (tertiary/aromatic N) is 1. The number of ether oxygens (including phenoxy) is 1. The number of amides is 1. The molecule has 0 aliphatic carbocycles. The van der Waals surface area contributed by atoms with Gasteiger partial charge in [0.25, 0.3) is 0 Å².